The Morgan fingerprint density at radius 2 is 2.00 bits per heavy atom. The van der Waals surface area contributed by atoms with Crippen LogP contribution < -0.4 is 4.72 Å². The molecule has 0 unspecified atom stereocenters. The number of sulfonamides is 1. The molecule has 2 rings (SSSR count). The zero-order chi connectivity index (χ0) is 14.8. The molecule has 20 heavy (non-hydrogen) atoms. The molecule has 0 bridgehead atoms. The average Bonchev–Trinajstić information content (AvgIpc) is 2.72. The Bertz CT molecular complexity index is 525. The monoisotopic (exact) mass is 300 g/mol. The summed E-state index contributed by atoms with van der Waals surface area (Å²) < 4.78 is 27.2. The molecule has 1 aromatic heterocycles. The summed E-state index contributed by atoms with van der Waals surface area (Å²) in [6.45, 7) is 6.15. The first kappa shape index (κ1) is 15.5. The fraction of sp³-hybridized carbons (Fsp3) is 0.769. The third-order valence-electron chi connectivity index (χ3n) is 4.01. The van der Waals surface area contributed by atoms with E-state index < -0.39 is 10.0 Å². The lowest BCUT2D eigenvalue weighted by Crippen LogP contribution is -2.33. The Labute approximate surface area is 121 Å². The molecule has 2 heterocycles. The average molecular weight is 300 g/mol. The van der Waals surface area contributed by atoms with Crippen molar-refractivity contribution in [3.63, 3.8) is 0 Å². The van der Waals surface area contributed by atoms with Gasteiger partial charge in [0.15, 0.2) is 0 Å². The van der Waals surface area contributed by atoms with Crippen LogP contribution in [0.2, 0.25) is 0 Å². The van der Waals surface area contributed by atoms with Crippen LogP contribution in [0, 0.1) is 19.8 Å². The smallest absolute Gasteiger partial charge is 0.244 e. The number of likely N-dealkylation sites (tertiary alicyclic amines) is 1. The number of aromatic nitrogens is 2. The van der Waals surface area contributed by atoms with Gasteiger partial charge in [-0.1, -0.05) is 0 Å². The van der Waals surface area contributed by atoms with E-state index in [2.05, 4.69) is 26.9 Å². The van der Waals surface area contributed by atoms with Gasteiger partial charge in [0.25, 0.3) is 0 Å². The second-order valence-corrected chi connectivity index (χ2v) is 7.40. The fourth-order valence-corrected chi connectivity index (χ4v) is 4.17. The molecule has 0 aromatic carbocycles. The van der Waals surface area contributed by atoms with Gasteiger partial charge in [-0.25, -0.2) is 13.1 Å². The van der Waals surface area contributed by atoms with Gasteiger partial charge in [-0.05, 0) is 59.2 Å². The van der Waals surface area contributed by atoms with Crippen LogP contribution >= 0.6 is 0 Å². The van der Waals surface area contributed by atoms with Gasteiger partial charge in [-0.3, -0.25) is 5.10 Å². The zero-order valence-corrected chi connectivity index (χ0v) is 13.3. The van der Waals surface area contributed by atoms with E-state index in [0.717, 1.165) is 32.4 Å². The first-order valence-electron chi connectivity index (χ1n) is 7.10. The van der Waals surface area contributed by atoms with E-state index in [4.69, 9.17) is 0 Å². The molecule has 6 nitrogen and oxygen atoms in total. The number of nitrogens with one attached hydrogen (secondary N) is 2. The van der Waals surface area contributed by atoms with Crippen molar-refractivity contribution in [1.29, 1.82) is 0 Å². The number of rotatable bonds is 5. The van der Waals surface area contributed by atoms with E-state index in [1.165, 1.54) is 0 Å². The maximum absolute atomic E-state index is 12.2. The van der Waals surface area contributed by atoms with Crippen LogP contribution in [0.4, 0.5) is 0 Å². The van der Waals surface area contributed by atoms with Crippen LogP contribution in [-0.4, -0.2) is 50.2 Å². The number of nitrogens with zero attached hydrogens (tertiary/aromatic N) is 2. The minimum Gasteiger partial charge on any atom is -0.306 e. The summed E-state index contributed by atoms with van der Waals surface area (Å²) in [6.07, 6.45) is 3.22. The van der Waals surface area contributed by atoms with Crippen molar-refractivity contribution < 1.29 is 8.42 Å². The Kier molecular flexibility index (Phi) is 4.82. The SMILES string of the molecule is Cc1n[nH]c(C)c1S(=O)(=O)NCCC1CCN(C)CC1. The molecule has 0 aliphatic carbocycles. The molecule has 0 radical (unpaired) electrons. The van der Waals surface area contributed by atoms with Crippen LogP contribution in [0.15, 0.2) is 4.90 Å². The van der Waals surface area contributed by atoms with Gasteiger partial charge in [0.2, 0.25) is 10.0 Å². The van der Waals surface area contributed by atoms with Gasteiger partial charge in [0, 0.05) is 6.54 Å². The lowest BCUT2D eigenvalue weighted by molar-refractivity contribution is 0.213. The second kappa shape index (κ2) is 6.24. The highest BCUT2D eigenvalue weighted by molar-refractivity contribution is 7.89. The molecular weight excluding hydrogens is 276 g/mol. The number of aromatic amines is 1. The summed E-state index contributed by atoms with van der Waals surface area (Å²) in [5, 5.41) is 6.65. The van der Waals surface area contributed by atoms with Gasteiger partial charge in [0.1, 0.15) is 4.90 Å². The Morgan fingerprint density at radius 3 is 2.55 bits per heavy atom. The molecule has 1 aliphatic heterocycles. The zero-order valence-electron chi connectivity index (χ0n) is 12.4. The maximum atomic E-state index is 12.2. The van der Waals surface area contributed by atoms with Crippen molar-refractivity contribution in [2.45, 2.75) is 38.0 Å². The van der Waals surface area contributed by atoms with E-state index >= 15 is 0 Å². The summed E-state index contributed by atoms with van der Waals surface area (Å²) in [7, 11) is -1.32. The fourth-order valence-electron chi connectivity index (χ4n) is 2.76. The number of H-pyrrole nitrogens is 1. The molecule has 1 aliphatic rings. The summed E-state index contributed by atoms with van der Waals surface area (Å²) in [4.78, 5) is 2.61. The highest BCUT2D eigenvalue weighted by atomic mass is 32.2. The predicted octanol–water partition coefficient (Wildman–Crippen LogP) is 1.04. The molecule has 1 fully saturated rings. The predicted molar refractivity (Wildman–Crippen MR) is 78.1 cm³/mol. The summed E-state index contributed by atoms with van der Waals surface area (Å²) in [6, 6.07) is 0. The summed E-state index contributed by atoms with van der Waals surface area (Å²) >= 11 is 0. The molecule has 114 valence electrons. The van der Waals surface area contributed by atoms with Crippen LogP contribution in [0.3, 0.4) is 0 Å². The minimum absolute atomic E-state index is 0.292. The molecule has 7 heteroatoms. The van der Waals surface area contributed by atoms with Gasteiger partial charge < -0.3 is 4.90 Å². The molecule has 0 atom stereocenters. The highest BCUT2D eigenvalue weighted by Crippen LogP contribution is 2.20. The van der Waals surface area contributed by atoms with Gasteiger partial charge in [-0.15, -0.1) is 0 Å². The standard InChI is InChI=1S/C13H24N4O2S/c1-10-13(11(2)16-15-10)20(18,19)14-7-4-12-5-8-17(3)9-6-12/h12,14H,4-9H2,1-3H3,(H,15,16). The molecule has 1 saturated heterocycles. The Hall–Kier alpha value is -0.920. The van der Waals surface area contributed by atoms with Crippen LogP contribution in [0.5, 0.6) is 0 Å². The number of hydrogen-bond acceptors (Lipinski definition) is 4. The lowest BCUT2D eigenvalue weighted by Gasteiger charge is -2.28. The third kappa shape index (κ3) is 3.59. The quantitative estimate of drug-likeness (QED) is 0.851. The molecular formula is C13H24N4O2S. The summed E-state index contributed by atoms with van der Waals surface area (Å²) in [5.41, 5.74) is 1.11. The molecule has 2 N–H and O–H groups in total. The van der Waals surface area contributed by atoms with E-state index in [1.807, 2.05) is 0 Å². The first-order valence-corrected chi connectivity index (χ1v) is 8.58. The largest absolute Gasteiger partial charge is 0.306 e. The van der Waals surface area contributed by atoms with Gasteiger partial charge in [0.05, 0.1) is 11.4 Å². The highest BCUT2D eigenvalue weighted by Gasteiger charge is 2.23. The normalized spacial score (nSPS) is 18.6. The molecule has 0 amide bonds. The topological polar surface area (TPSA) is 78.1 Å². The number of piperidine rings is 1. The van der Waals surface area contributed by atoms with Crippen LogP contribution in [0.1, 0.15) is 30.7 Å². The van der Waals surface area contributed by atoms with Gasteiger partial charge >= 0.3 is 0 Å². The van der Waals surface area contributed by atoms with Crippen molar-refractivity contribution in [2.24, 2.45) is 5.92 Å². The van der Waals surface area contributed by atoms with E-state index in [-0.39, 0.29) is 0 Å². The Morgan fingerprint density at radius 1 is 1.35 bits per heavy atom. The van der Waals surface area contributed by atoms with Gasteiger partial charge in [-0.2, -0.15) is 5.10 Å². The van der Waals surface area contributed by atoms with Crippen molar-refractivity contribution in [2.75, 3.05) is 26.7 Å². The van der Waals surface area contributed by atoms with E-state index in [1.54, 1.807) is 13.8 Å². The number of aryl methyl sites for hydroxylation is 2. The molecule has 0 saturated carbocycles. The summed E-state index contributed by atoms with van der Waals surface area (Å²) in [5.74, 6) is 0.625. The molecule has 0 spiro atoms. The number of hydrogen-bond donors (Lipinski definition) is 2. The van der Waals surface area contributed by atoms with Crippen molar-refractivity contribution >= 4 is 10.0 Å². The second-order valence-electron chi connectivity index (χ2n) is 5.70. The van der Waals surface area contributed by atoms with Crippen LogP contribution in [-0.2, 0) is 10.0 Å². The van der Waals surface area contributed by atoms with E-state index in [9.17, 15) is 8.42 Å². The Balaban J connectivity index is 1.87. The van der Waals surface area contributed by atoms with Crippen LogP contribution in [0.25, 0.3) is 0 Å². The van der Waals surface area contributed by atoms with E-state index in [0.29, 0.717) is 28.7 Å². The minimum atomic E-state index is -3.44. The third-order valence-corrected chi connectivity index (χ3v) is 5.74. The first-order chi connectivity index (χ1) is 9.40. The van der Waals surface area contributed by atoms with Crippen molar-refractivity contribution in [1.82, 2.24) is 19.8 Å². The molecule has 1 aromatic rings. The van der Waals surface area contributed by atoms with Crippen molar-refractivity contribution in [3.05, 3.63) is 11.4 Å². The van der Waals surface area contributed by atoms with Crippen molar-refractivity contribution in [3.8, 4) is 0 Å². The maximum Gasteiger partial charge on any atom is 0.244 e. The lowest BCUT2D eigenvalue weighted by atomic mass is 9.94.